The lowest BCUT2D eigenvalue weighted by atomic mass is 9.91. The molecule has 0 aliphatic heterocycles. The van der Waals surface area contributed by atoms with Gasteiger partial charge in [0.2, 0.25) is 0 Å². The van der Waals surface area contributed by atoms with E-state index in [9.17, 15) is 9.18 Å². The van der Waals surface area contributed by atoms with Crippen molar-refractivity contribution in [2.45, 2.75) is 25.7 Å². The largest absolute Gasteiger partial charge is 0.385 e. The van der Waals surface area contributed by atoms with Gasteiger partial charge in [-0.15, -0.1) is 0 Å². The van der Waals surface area contributed by atoms with Crippen molar-refractivity contribution >= 4 is 5.78 Å². The van der Waals surface area contributed by atoms with Gasteiger partial charge >= 0.3 is 0 Å². The molecule has 0 aliphatic rings. The van der Waals surface area contributed by atoms with E-state index in [2.05, 4.69) is 0 Å². The molecule has 1 rings (SSSR count). The molecule has 0 amide bonds. The lowest BCUT2D eigenvalue weighted by Gasteiger charge is -2.13. The number of carbonyl (C=O) groups excluding carboxylic acids is 1. The van der Waals surface area contributed by atoms with Crippen LogP contribution in [0, 0.1) is 5.82 Å². The van der Waals surface area contributed by atoms with Crippen LogP contribution in [0.4, 0.5) is 4.39 Å². The Hall–Kier alpha value is -1.22. The molecule has 0 bridgehead atoms. The fourth-order valence-corrected chi connectivity index (χ4v) is 1.73. The van der Waals surface area contributed by atoms with Crippen molar-refractivity contribution in [1.82, 2.24) is 0 Å². The standard InChI is InChI=1S/C13H17FO2/c1-10(15)13(4-3-9-16-2)11-5-7-12(14)8-6-11/h5-8,13H,3-4,9H2,1-2H3. The number of hydrogen-bond acceptors (Lipinski definition) is 2. The van der Waals surface area contributed by atoms with Crippen molar-refractivity contribution in [3.63, 3.8) is 0 Å². The summed E-state index contributed by atoms with van der Waals surface area (Å²) in [6.07, 6.45) is 1.58. The van der Waals surface area contributed by atoms with Crippen LogP contribution in [0.1, 0.15) is 31.2 Å². The summed E-state index contributed by atoms with van der Waals surface area (Å²) in [4.78, 5) is 11.5. The highest BCUT2D eigenvalue weighted by atomic mass is 19.1. The number of halogens is 1. The number of methoxy groups -OCH3 is 1. The summed E-state index contributed by atoms with van der Waals surface area (Å²) in [7, 11) is 1.64. The monoisotopic (exact) mass is 224 g/mol. The number of benzene rings is 1. The third-order valence-electron chi connectivity index (χ3n) is 2.60. The zero-order chi connectivity index (χ0) is 12.0. The Morgan fingerprint density at radius 2 is 2.00 bits per heavy atom. The van der Waals surface area contributed by atoms with Crippen molar-refractivity contribution in [3.8, 4) is 0 Å². The van der Waals surface area contributed by atoms with Gasteiger partial charge in [-0.3, -0.25) is 4.79 Å². The third kappa shape index (κ3) is 3.74. The molecule has 2 nitrogen and oxygen atoms in total. The highest BCUT2D eigenvalue weighted by Gasteiger charge is 2.16. The molecule has 0 radical (unpaired) electrons. The minimum Gasteiger partial charge on any atom is -0.385 e. The molecule has 0 heterocycles. The molecule has 0 saturated heterocycles. The molecular weight excluding hydrogens is 207 g/mol. The lowest BCUT2D eigenvalue weighted by Crippen LogP contribution is -2.10. The summed E-state index contributed by atoms with van der Waals surface area (Å²) in [5.41, 5.74) is 0.880. The van der Waals surface area contributed by atoms with Gasteiger partial charge in [0.05, 0.1) is 0 Å². The summed E-state index contributed by atoms with van der Waals surface area (Å²) >= 11 is 0. The summed E-state index contributed by atoms with van der Waals surface area (Å²) in [6, 6.07) is 6.13. The molecule has 1 aromatic rings. The van der Waals surface area contributed by atoms with Crippen molar-refractivity contribution in [2.24, 2.45) is 0 Å². The van der Waals surface area contributed by atoms with Gasteiger partial charge in [0, 0.05) is 19.6 Å². The van der Waals surface area contributed by atoms with E-state index in [1.165, 1.54) is 12.1 Å². The highest BCUT2D eigenvalue weighted by molar-refractivity contribution is 5.83. The molecule has 0 spiro atoms. The zero-order valence-corrected chi connectivity index (χ0v) is 9.70. The molecular formula is C13H17FO2. The number of rotatable bonds is 6. The lowest BCUT2D eigenvalue weighted by molar-refractivity contribution is -0.118. The minimum absolute atomic E-state index is 0.114. The predicted molar refractivity (Wildman–Crippen MR) is 60.9 cm³/mol. The van der Waals surface area contributed by atoms with Gasteiger partial charge in [-0.05, 0) is 37.5 Å². The van der Waals surface area contributed by atoms with E-state index in [4.69, 9.17) is 4.74 Å². The van der Waals surface area contributed by atoms with Crippen LogP contribution in [0.2, 0.25) is 0 Å². The van der Waals surface area contributed by atoms with Crippen LogP contribution in [0.15, 0.2) is 24.3 Å². The van der Waals surface area contributed by atoms with Crippen LogP contribution >= 0.6 is 0 Å². The maximum Gasteiger partial charge on any atom is 0.137 e. The molecule has 0 aromatic heterocycles. The number of carbonyl (C=O) groups is 1. The number of Topliss-reactive ketones (excluding diaryl/α,β-unsaturated/α-hetero) is 1. The van der Waals surface area contributed by atoms with Crippen LogP contribution in [0.5, 0.6) is 0 Å². The van der Waals surface area contributed by atoms with E-state index in [0.29, 0.717) is 6.61 Å². The maximum atomic E-state index is 12.8. The molecule has 0 fully saturated rings. The Balaban J connectivity index is 2.69. The van der Waals surface area contributed by atoms with Crippen molar-refractivity contribution in [1.29, 1.82) is 0 Å². The molecule has 0 saturated carbocycles. The van der Waals surface area contributed by atoms with Crippen molar-refractivity contribution < 1.29 is 13.9 Å². The molecule has 88 valence electrons. The summed E-state index contributed by atoms with van der Waals surface area (Å²) in [5.74, 6) is -0.304. The molecule has 1 unspecified atom stereocenters. The quantitative estimate of drug-likeness (QED) is 0.694. The molecule has 0 aliphatic carbocycles. The van der Waals surface area contributed by atoms with E-state index >= 15 is 0 Å². The Bertz CT molecular complexity index is 332. The van der Waals surface area contributed by atoms with E-state index < -0.39 is 0 Å². The average molecular weight is 224 g/mol. The number of ketones is 1. The molecule has 16 heavy (non-hydrogen) atoms. The minimum atomic E-state index is -0.275. The van der Waals surface area contributed by atoms with E-state index in [1.54, 1.807) is 26.2 Å². The smallest absolute Gasteiger partial charge is 0.137 e. The maximum absolute atomic E-state index is 12.8. The number of ether oxygens (including phenoxy) is 1. The highest BCUT2D eigenvalue weighted by Crippen LogP contribution is 2.22. The van der Waals surface area contributed by atoms with E-state index in [0.717, 1.165) is 18.4 Å². The van der Waals surface area contributed by atoms with Gasteiger partial charge in [0.15, 0.2) is 0 Å². The Labute approximate surface area is 95.4 Å². The Morgan fingerprint density at radius 1 is 1.38 bits per heavy atom. The van der Waals surface area contributed by atoms with Crippen LogP contribution in [0.25, 0.3) is 0 Å². The predicted octanol–water partition coefficient (Wildman–Crippen LogP) is 2.92. The first kappa shape index (κ1) is 12.8. The van der Waals surface area contributed by atoms with Crippen LogP contribution in [0.3, 0.4) is 0 Å². The van der Waals surface area contributed by atoms with Crippen LogP contribution in [-0.4, -0.2) is 19.5 Å². The van der Waals surface area contributed by atoms with E-state index in [1.807, 2.05) is 0 Å². The molecule has 1 aromatic carbocycles. The van der Waals surface area contributed by atoms with Gasteiger partial charge in [-0.25, -0.2) is 4.39 Å². The fraction of sp³-hybridized carbons (Fsp3) is 0.462. The second kappa shape index (κ2) is 6.38. The van der Waals surface area contributed by atoms with Gasteiger partial charge in [-0.1, -0.05) is 12.1 Å². The van der Waals surface area contributed by atoms with Crippen molar-refractivity contribution in [2.75, 3.05) is 13.7 Å². The summed E-state index contributed by atoms with van der Waals surface area (Å²) in [5, 5.41) is 0. The SMILES string of the molecule is COCCCC(C(C)=O)c1ccc(F)cc1. The summed E-state index contributed by atoms with van der Waals surface area (Å²) in [6.45, 7) is 2.21. The van der Waals surface area contributed by atoms with Crippen LogP contribution in [-0.2, 0) is 9.53 Å². The van der Waals surface area contributed by atoms with Gasteiger partial charge in [-0.2, -0.15) is 0 Å². The van der Waals surface area contributed by atoms with Gasteiger partial charge in [0.1, 0.15) is 11.6 Å². The molecule has 1 atom stereocenters. The van der Waals surface area contributed by atoms with Gasteiger partial charge in [0.25, 0.3) is 0 Å². The average Bonchev–Trinajstić information content (AvgIpc) is 2.26. The second-order valence-corrected chi connectivity index (χ2v) is 3.85. The second-order valence-electron chi connectivity index (χ2n) is 3.85. The first-order valence-electron chi connectivity index (χ1n) is 5.40. The van der Waals surface area contributed by atoms with Crippen molar-refractivity contribution in [3.05, 3.63) is 35.6 Å². The zero-order valence-electron chi connectivity index (χ0n) is 9.70. The fourth-order valence-electron chi connectivity index (χ4n) is 1.73. The Morgan fingerprint density at radius 3 is 2.50 bits per heavy atom. The number of hydrogen-bond donors (Lipinski definition) is 0. The van der Waals surface area contributed by atoms with Gasteiger partial charge < -0.3 is 4.74 Å². The topological polar surface area (TPSA) is 26.3 Å². The van der Waals surface area contributed by atoms with Crippen LogP contribution < -0.4 is 0 Å². The molecule has 3 heteroatoms. The summed E-state index contributed by atoms with van der Waals surface area (Å²) < 4.78 is 17.7. The normalized spacial score (nSPS) is 12.4. The first-order chi connectivity index (χ1) is 7.65. The Kier molecular flexibility index (Phi) is 5.12. The first-order valence-corrected chi connectivity index (χ1v) is 5.40. The third-order valence-corrected chi connectivity index (χ3v) is 2.60. The molecule has 0 N–H and O–H groups in total. The van der Waals surface area contributed by atoms with E-state index in [-0.39, 0.29) is 17.5 Å².